The minimum Gasteiger partial charge on any atom is -0.350 e. The number of nitrogens with two attached hydrogens (primary N) is 1. The first-order chi connectivity index (χ1) is 9.37. The molecule has 2 rings (SSSR count). The van der Waals surface area contributed by atoms with E-state index in [1.54, 1.807) is 11.3 Å². The van der Waals surface area contributed by atoms with E-state index in [-0.39, 0.29) is 5.91 Å². The lowest BCUT2D eigenvalue weighted by atomic mass is 10.1. The lowest BCUT2D eigenvalue weighted by Gasteiger charge is -2.19. The second kappa shape index (κ2) is 5.73. The molecule has 0 saturated carbocycles. The highest BCUT2D eigenvalue weighted by Crippen LogP contribution is 2.21. The number of nitrogens with zero attached hydrogens (tertiary/aromatic N) is 1. The summed E-state index contributed by atoms with van der Waals surface area (Å²) in [7, 11) is 0. The Morgan fingerprint density at radius 2 is 2.15 bits per heavy atom. The van der Waals surface area contributed by atoms with Crippen molar-refractivity contribution in [3.05, 3.63) is 40.2 Å². The number of nitrogens with one attached hydrogen (secondary N) is 1. The summed E-state index contributed by atoms with van der Waals surface area (Å²) in [5.41, 5.74) is 8.72. The average Bonchev–Trinajstić information content (AvgIpc) is 2.88. The van der Waals surface area contributed by atoms with E-state index in [0.29, 0.717) is 12.1 Å². The normalized spacial score (nSPS) is 11.4. The van der Waals surface area contributed by atoms with Gasteiger partial charge in [0.1, 0.15) is 0 Å². The molecule has 5 heteroatoms. The fourth-order valence-electron chi connectivity index (χ4n) is 1.78. The highest BCUT2D eigenvalue weighted by atomic mass is 32.1. The number of aryl methyl sites for hydroxylation is 1. The molecule has 0 aliphatic heterocycles. The van der Waals surface area contributed by atoms with Gasteiger partial charge in [0.25, 0.3) is 5.91 Å². The molecule has 2 aromatic rings. The monoisotopic (exact) mass is 289 g/mol. The van der Waals surface area contributed by atoms with E-state index in [1.807, 2.05) is 49.7 Å². The number of carbonyl (C=O) groups is 1. The first-order valence-electron chi connectivity index (χ1n) is 6.44. The predicted molar refractivity (Wildman–Crippen MR) is 82.9 cm³/mol. The zero-order valence-corrected chi connectivity index (χ0v) is 12.8. The highest BCUT2D eigenvalue weighted by molar-refractivity contribution is 7.08. The lowest BCUT2D eigenvalue weighted by molar-refractivity contribution is 0.0945. The number of amides is 1. The largest absolute Gasteiger partial charge is 0.350 e. The summed E-state index contributed by atoms with van der Waals surface area (Å²) in [6.07, 6.45) is 0. The van der Waals surface area contributed by atoms with Gasteiger partial charge in [0.15, 0.2) is 0 Å². The zero-order chi connectivity index (χ0) is 14.8. The van der Waals surface area contributed by atoms with Crippen molar-refractivity contribution in [1.29, 1.82) is 0 Å². The average molecular weight is 289 g/mol. The summed E-state index contributed by atoms with van der Waals surface area (Å²) in [5, 5.41) is 6.88. The zero-order valence-electron chi connectivity index (χ0n) is 11.9. The van der Waals surface area contributed by atoms with E-state index < -0.39 is 5.54 Å². The van der Waals surface area contributed by atoms with Crippen LogP contribution in [0.25, 0.3) is 11.3 Å². The third-order valence-corrected chi connectivity index (χ3v) is 3.54. The van der Waals surface area contributed by atoms with E-state index in [2.05, 4.69) is 10.3 Å². The number of pyridine rings is 1. The maximum atomic E-state index is 12.1. The van der Waals surface area contributed by atoms with Crippen molar-refractivity contribution < 1.29 is 4.79 Å². The molecule has 0 bridgehead atoms. The Kier molecular flexibility index (Phi) is 4.20. The lowest BCUT2D eigenvalue weighted by Crippen LogP contribution is -2.45. The third-order valence-electron chi connectivity index (χ3n) is 2.85. The van der Waals surface area contributed by atoms with Crippen LogP contribution in [0, 0.1) is 6.92 Å². The molecule has 0 aliphatic rings. The number of thiophene rings is 1. The molecule has 0 aromatic carbocycles. The van der Waals surface area contributed by atoms with Crippen LogP contribution in [-0.2, 0) is 0 Å². The van der Waals surface area contributed by atoms with Crippen LogP contribution in [0.3, 0.4) is 0 Å². The van der Waals surface area contributed by atoms with Gasteiger partial charge in [0, 0.05) is 23.0 Å². The first kappa shape index (κ1) is 14.7. The van der Waals surface area contributed by atoms with Gasteiger partial charge in [-0.3, -0.25) is 9.78 Å². The summed E-state index contributed by atoms with van der Waals surface area (Å²) >= 11 is 1.63. The molecule has 0 fully saturated rings. The Bertz CT molecular complexity index is 600. The van der Waals surface area contributed by atoms with Crippen molar-refractivity contribution in [3.63, 3.8) is 0 Å². The van der Waals surface area contributed by atoms with Crippen LogP contribution in [0.5, 0.6) is 0 Å². The molecule has 20 heavy (non-hydrogen) atoms. The van der Waals surface area contributed by atoms with Gasteiger partial charge in [-0.15, -0.1) is 0 Å². The van der Waals surface area contributed by atoms with Crippen LogP contribution in [0.4, 0.5) is 0 Å². The minimum atomic E-state index is -0.423. The first-order valence-corrected chi connectivity index (χ1v) is 7.38. The molecule has 0 unspecified atom stereocenters. The Labute approximate surface area is 123 Å². The van der Waals surface area contributed by atoms with E-state index >= 15 is 0 Å². The summed E-state index contributed by atoms with van der Waals surface area (Å²) in [5.74, 6) is -0.134. The predicted octanol–water partition coefficient (Wildman–Crippen LogP) is 2.59. The standard InChI is InChI=1S/C15H19N3OS/c1-10-12(14(19)17-9-15(2,3)16)4-5-13(18-10)11-6-7-20-8-11/h4-8H,9,16H2,1-3H3,(H,17,19). The molecule has 2 heterocycles. The van der Waals surface area contributed by atoms with Gasteiger partial charge < -0.3 is 11.1 Å². The Morgan fingerprint density at radius 3 is 2.70 bits per heavy atom. The second-order valence-electron chi connectivity index (χ2n) is 5.51. The molecule has 0 saturated heterocycles. The maximum absolute atomic E-state index is 12.1. The number of rotatable bonds is 4. The Hall–Kier alpha value is -1.72. The van der Waals surface area contributed by atoms with Crippen molar-refractivity contribution in [2.45, 2.75) is 26.3 Å². The molecule has 0 atom stereocenters. The Balaban J connectivity index is 2.16. The SMILES string of the molecule is Cc1nc(-c2ccsc2)ccc1C(=O)NCC(C)(C)N. The molecular formula is C15H19N3OS. The molecule has 2 aromatic heterocycles. The van der Waals surface area contributed by atoms with Crippen LogP contribution in [0.2, 0.25) is 0 Å². The topological polar surface area (TPSA) is 68.0 Å². The quantitative estimate of drug-likeness (QED) is 0.909. The van der Waals surface area contributed by atoms with E-state index in [0.717, 1.165) is 17.0 Å². The van der Waals surface area contributed by atoms with Crippen molar-refractivity contribution in [3.8, 4) is 11.3 Å². The fraction of sp³-hybridized carbons (Fsp3) is 0.333. The number of carbonyl (C=O) groups excluding carboxylic acids is 1. The Morgan fingerprint density at radius 1 is 1.40 bits per heavy atom. The summed E-state index contributed by atoms with van der Waals surface area (Å²) < 4.78 is 0. The van der Waals surface area contributed by atoms with Crippen molar-refractivity contribution >= 4 is 17.2 Å². The van der Waals surface area contributed by atoms with Gasteiger partial charge in [0.05, 0.1) is 17.0 Å². The summed E-state index contributed by atoms with van der Waals surface area (Å²) in [6.45, 7) is 6.02. The highest BCUT2D eigenvalue weighted by Gasteiger charge is 2.15. The van der Waals surface area contributed by atoms with Crippen LogP contribution in [-0.4, -0.2) is 23.0 Å². The maximum Gasteiger partial charge on any atom is 0.253 e. The van der Waals surface area contributed by atoms with Crippen LogP contribution < -0.4 is 11.1 Å². The molecule has 4 nitrogen and oxygen atoms in total. The van der Waals surface area contributed by atoms with Crippen LogP contribution in [0.1, 0.15) is 29.9 Å². The smallest absolute Gasteiger partial charge is 0.253 e. The van der Waals surface area contributed by atoms with Crippen LogP contribution >= 0.6 is 11.3 Å². The van der Waals surface area contributed by atoms with Gasteiger partial charge in [-0.2, -0.15) is 11.3 Å². The number of hydrogen-bond acceptors (Lipinski definition) is 4. The van der Waals surface area contributed by atoms with Crippen molar-refractivity contribution in [2.75, 3.05) is 6.54 Å². The molecular weight excluding hydrogens is 270 g/mol. The van der Waals surface area contributed by atoms with Crippen molar-refractivity contribution in [2.24, 2.45) is 5.73 Å². The van der Waals surface area contributed by atoms with Crippen molar-refractivity contribution in [1.82, 2.24) is 10.3 Å². The molecule has 0 aliphatic carbocycles. The number of aromatic nitrogens is 1. The third kappa shape index (κ3) is 3.65. The van der Waals surface area contributed by atoms with Gasteiger partial charge in [-0.1, -0.05) is 0 Å². The van der Waals surface area contributed by atoms with E-state index in [4.69, 9.17) is 5.73 Å². The second-order valence-corrected chi connectivity index (χ2v) is 6.29. The summed E-state index contributed by atoms with van der Waals surface area (Å²) in [4.78, 5) is 16.6. The molecule has 3 N–H and O–H groups in total. The summed E-state index contributed by atoms with van der Waals surface area (Å²) in [6, 6.07) is 5.70. The van der Waals surface area contributed by atoms with E-state index in [1.165, 1.54) is 0 Å². The van der Waals surface area contributed by atoms with E-state index in [9.17, 15) is 4.79 Å². The van der Waals surface area contributed by atoms with Gasteiger partial charge in [-0.25, -0.2) is 0 Å². The van der Waals surface area contributed by atoms with Gasteiger partial charge in [-0.05, 0) is 44.4 Å². The fourth-order valence-corrected chi connectivity index (χ4v) is 2.42. The molecule has 106 valence electrons. The minimum absolute atomic E-state index is 0.134. The van der Waals surface area contributed by atoms with Gasteiger partial charge >= 0.3 is 0 Å². The number of hydrogen-bond donors (Lipinski definition) is 2. The molecule has 0 radical (unpaired) electrons. The molecule has 1 amide bonds. The van der Waals surface area contributed by atoms with Gasteiger partial charge in [0.2, 0.25) is 0 Å². The van der Waals surface area contributed by atoms with Crippen LogP contribution in [0.15, 0.2) is 29.0 Å². The molecule has 0 spiro atoms.